The predicted molar refractivity (Wildman–Crippen MR) is 119 cm³/mol. The molecule has 0 bridgehead atoms. The van der Waals surface area contributed by atoms with Crippen LogP contribution in [0, 0.1) is 11.7 Å². The lowest BCUT2D eigenvalue weighted by Gasteiger charge is -2.45. The van der Waals surface area contributed by atoms with Crippen molar-refractivity contribution in [3.05, 3.63) is 69.0 Å². The molecule has 2 aromatic rings. The highest BCUT2D eigenvalue weighted by molar-refractivity contribution is 6.35. The van der Waals surface area contributed by atoms with Crippen LogP contribution in [0.1, 0.15) is 49.3 Å². The molecule has 1 saturated carbocycles. The van der Waals surface area contributed by atoms with Crippen molar-refractivity contribution in [2.24, 2.45) is 11.1 Å². The van der Waals surface area contributed by atoms with Gasteiger partial charge in [0.15, 0.2) is 17.1 Å². The lowest BCUT2D eigenvalue weighted by Crippen LogP contribution is -2.58. The average molecular weight is 479 g/mol. The summed E-state index contributed by atoms with van der Waals surface area (Å²) in [5, 5.41) is 4.05. The summed E-state index contributed by atoms with van der Waals surface area (Å²) in [6, 6.07) is 10.1. The first-order valence-electron chi connectivity index (χ1n) is 10.6. The Kier molecular flexibility index (Phi) is 5.21. The number of oxime groups is 1. The van der Waals surface area contributed by atoms with E-state index in [1.165, 1.54) is 12.1 Å². The highest BCUT2D eigenvalue weighted by Gasteiger charge is 2.47. The van der Waals surface area contributed by atoms with Gasteiger partial charge in [-0.05, 0) is 48.9 Å². The number of amides is 1. The highest BCUT2D eigenvalue weighted by Crippen LogP contribution is 2.41. The molecule has 0 aromatic heterocycles. The SMILES string of the molecule is CC1(c2cc(Cl)c(F)c(Cl)c2)CC(c2ccc(C3(F)CN(C(=O)CC4CC4)C3)cc2)=NO1. The van der Waals surface area contributed by atoms with Gasteiger partial charge in [-0.1, -0.05) is 52.6 Å². The summed E-state index contributed by atoms with van der Waals surface area (Å²) in [5.41, 5.74) is 0.322. The van der Waals surface area contributed by atoms with Crippen LogP contribution in [0.2, 0.25) is 10.0 Å². The Morgan fingerprint density at radius 3 is 2.38 bits per heavy atom. The lowest BCUT2D eigenvalue weighted by molar-refractivity contribution is -0.146. The molecule has 2 aliphatic heterocycles. The molecule has 4 nitrogen and oxygen atoms in total. The third-order valence-corrected chi connectivity index (χ3v) is 7.14. The first-order chi connectivity index (χ1) is 15.2. The Morgan fingerprint density at radius 2 is 1.78 bits per heavy atom. The van der Waals surface area contributed by atoms with Crippen molar-refractivity contribution in [2.75, 3.05) is 13.1 Å². The van der Waals surface area contributed by atoms with Gasteiger partial charge in [0.05, 0.1) is 28.8 Å². The Bertz CT molecular complexity index is 1090. The van der Waals surface area contributed by atoms with E-state index in [0.717, 1.165) is 18.4 Å². The van der Waals surface area contributed by atoms with E-state index < -0.39 is 17.1 Å². The number of carbonyl (C=O) groups is 1. The molecule has 0 spiro atoms. The molecule has 0 radical (unpaired) electrons. The fraction of sp³-hybridized carbons (Fsp3) is 0.417. The van der Waals surface area contributed by atoms with E-state index in [1.54, 1.807) is 17.0 Å². The van der Waals surface area contributed by atoms with Crippen LogP contribution in [0.5, 0.6) is 0 Å². The van der Waals surface area contributed by atoms with Crippen LogP contribution < -0.4 is 0 Å². The highest BCUT2D eigenvalue weighted by atomic mass is 35.5. The van der Waals surface area contributed by atoms with Gasteiger partial charge in [-0.15, -0.1) is 0 Å². The van der Waals surface area contributed by atoms with E-state index in [9.17, 15) is 9.18 Å². The van der Waals surface area contributed by atoms with Crippen LogP contribution in [0.15, 0.2) is 41.6 Å². The van der Waals surface area contributed by atoms with E-state index in [4.69, 9.17) is 28.0 Å². The molecule has 1 amide bonds. The zero-order chi connectivity index (χ0) is 22.7. The number of rotatable bonds is 5. The zero-order valence-electron chi connectivity index (χ0n) is 17.5. The maximum Gasteiger partial charge on any atom is 0.223 e. The molecule has 5 rings (SSSR count). The summed E-state index contributed by atoms with van der Waals surface area (Å²) >= 11 is 11.9. The number of hydrogen-bond acceptors (Lipinski definition) is 3. The van der Waals surface area contributed by atoms with Crippen LogP contribution in [0.3, 0.4) is 0 Å². The molecule has 3 aliphatic rings. The number of halogens is 4. The predicted octanol–water partition coefficient (Wildman–Crippen LogP) is 5.98. The minimum Gasteiger partial charge on any atom is -0.384 e. The van der Waals surface area contributed by atoms with Gasteiger partial charge in [0.25, 0.3) is 0 Å². The summed E-state index contributed by atoms with van der Waals surface area (Å²) in [4.78, 5) is 19.4. The molecule has 1 saturated heterocycles. The number of carbonyl (C=O) groups excluding carboxylic acids is 1. The van der Waals surface area contributed by atoms with Gasteiger partial charge in [-0.3, -0.25) is 4.79 Å². The molecular formula is C24H22Cl2F2N2O2. The summed E-state index contributed by atoms with van der Waals surface area (Å²) < 4.78 is 29.0. The van der Waals surface area contributed by atoms with Gasteiger partial charge in [0.2, 0.25) is 5.91 Å². The van der Waals surface area contributed by atoms with Gasteiger partial charge in [-0.25, -0.2) is 8.78 Å². The molecule has 2 heterocycles. The fourth-order valence-electron chi connectivity index (χ4n) is 4.29. The lowest BCUT2D eigenvalue weighted by atomic mass is 9.85. The van der Waals surface area contributed by atoms with E-state index in [-0.39, 0.29) is 29.0 Å². The Labute approximate surface area is 195 Å². The number of alkyl halides is 1. The summed E-state index contributed by atoms with van der Waals surface area (Å²) in [5.74, 6) is -0.118. The van der Waals surface area contributed by atoms with E-state index in [1.807, 2.05) is 19.1 Å². The monoisotopic (exact) mass is 478 g/mol. The van der Waals surface area contributed by atoms with Crippen molar-refractivity contribution in [2.45, 2.75) is 43.9 Å². The molecule has 1 atom stereocenters. The summed E-state index contributed by atoms with van der Waals surface area (Å²) in [6.45, 7) is 2.04. The van der Waals surface area contributed by atoms with Crippen molar-refractivity contribution in [1.29, 1.82) is 0 Å². The number of hydrogen-bond donors (Lipinski definition) is 0. The maximum atomic E-state index is 15.3. The first-order valence-corrected chi connectivity index (χ1v) is 11.4. The van der Waals surface area contributed by atoms with Crippen molar-refractivity contribution >= 4 is 34.8 Å². The summed E-state index contributed by atoms with van der Waals surface area (Å²) in [6.07, 6.45) is 3.18. The van der Waals surface area contributed by atoms with Gasteiger partial charge < -0.3 is 9.74 Å². The van der Waals surface area contributed by atoms with Crippen molar-refractivity contribution < 1.29 is 18.4 Å². The maximum absolute atomic E-state index is 15.3. The van der Waals surface area contributed by atoms with Crippen molar-refractivity contribution in [3.8, 4) is 0 Å². The van der Waals surface area contributed by atoms with Gasteiger partial charge in [0, 0.05) is 18.4 Å². The smallest absolute Gasteiger partial charge is 0.223 e. The molecule has 1 aliphatic carbocycles. The third kappa shape index (κ3) is 3.88. The van der Waals surface area contributed by atoms with E-state index in [0.29, 0.717) is 35.6 Å². The van der Waals surface area contributed by atoms with Crippen LogP contribution in [0.4, 0.5) is 8.78 Å². The fourth-order valence-corrected chi connectivity index (χ4v) is 4.77. The molecule has 1 unspecified atom stereocenters. The Balaban J connectivity index is 1.25. The van der Waals surface area contributed by atoms with Crippen molar-refractivity contribution in [3.63, 3.8) is 0 Å². The van der Waals surface area contributed by atoms with E-state index in [2.05, 4.69) is 5.16 Å². The number of benzene rings is 2. The number of nitrogens with zero attached hydrogens (tertiary/aromatic N) is 2. The average Bonchev–Trinajstić information content (AvgIpc) is 3.47. The number of likely N-dealkylation sites (tertiary alicyclic amines) is 1. The molecule has 8 heteroatoms. The Hall–Kier alpha value is -2.18. The van der Waals surface area contributed by atoms with Crippen LogP contribution in [0.25, 0.3) is 0 Å². The summed E-state index contributed by atoms with van der Waals surface area (Å²) in [7, 11) is 0. The molecule has 32 heavy (non-hydrogen) atoms. The quantitative estimate of drug-likeness (QED) is 0.496. The largest absolute Gasteiger partial charge is 0.384 e. The molecule has 0 N–H and O–H groups in total. The molecule has 168 valence electrons. The van der Waals surface area contributed by atoms with Crippen molar-refractivity contribution in [1.82, 2.24) is 4.90 Å². The minimum absolute atomic E-state index is 0.0511. The topological polar surface area (TPSA) is 41.9 Å². The van der Waals surface area contributed by atoms with Gasteiger partial charge in [0.1, 0.15) is 0 Å². The van der Waals surface area contributed by atoms with E-state index >= 15 is 4.39 Å². The second-order valence-electron chi connectivity index (χ2n) is 9.23. The molecule has 2 fully saturated rings. The normalized spacial score (nSPS) is 24.0. The van der Waals surface area contributed by atoms with Crippen LogP contribution in [-0.2, 0) is 20.9 Å². The molecule has 2 aromatic carbocycles. The zero-order valence-corrected chi connectivity index (χ0v) is 19.0. The minimum atomic E-state index is -1.51. The Morgan fingerprint density at radius 1 is 1.16 bits per heavy atom. The standard InChI is InChI=1S/C24H22Cl2F2N2O2/c1-23(17-9-18(25)22(27)19(26)10-17)11-20(29-32-23)15-4-6-16(7-5-15)24(28)12-30(13-24)21(31)8-14-2-3-14/h4-7,9-10,14H,2-3,8,11-13H2,1H3. The third-order valence-electron chi connectivity index (χ3n) is 6.59. The van der Waals surface area contributed by atoms with Gasteiger partial charge >= 0.3 is 0 Å². The first kappa shape index (κ1) is 21.7. The van der Waals surface area contributed by atoms with Crippen LogP contribution >= 0.6 is 23.2 Å². The van der Waals surface area contributed by atoms with Crippen LogP contribution in [-0.4, -0.2) is 29.6 Å². The molecular weight excluding hydrogens is 457 g/mol. The second kappa shape index (κ2) is 7.70. The second-order valence-corrected chi connectivity index (χ2v) is 10.0. The van der Waals surface area contributed by atoms with Gasteiger partial charge in [-0.2, -0.15) is 0 Å².